The molecule has 6 nitrogen and oxygen atoms in total. The monoisotopic (exact) mass is 422 g/mol. The zero-order valence-corrected chi connectivity index (χ0v) is 17.6. The number of amides is 1. The van der Waals surface area contributed by atoms with Crippen molar-refractivity contribution in [3.05, 3.63) is 77.4 Å². The molecule has 0 radical (unpaired) electrons. The largest absolute Gasteiger partial charge is 0.466 e. The normalized spacial score (nSPS) is 20.2. The van der Waals surface area contributed by atoms with Crippen LogP contribution in [0.5, 0.6) is 0 Å². The van der Waals surface area contributed by atoms with Crippen LogP contribution in [0.25, 0.3) is 0 Å². The Morgan fingerprint density at radius 2 is 1.93 bits per heavy atom. The van der Waals surface area contributed by atoms with Gasteiger partial charge in [0.2, 0.25) is 0 Å². The summed E-state index contributed by atoms with van der Waals surface area (Å²) in [4.78, 5) is 34.3. The molecular weight excluding hydrogens is 400 g/mol. The molecule has 4 rings (SSSR count). The third-order valence-electron chi connectivity index (χ3n) is 5.14. The van der Waals surface area contributed by atoms with E-state index in [0.29, 0.717) is 12.3 Å². The van der Waals surface area contributed by atoms with Crippen molar-refractivity contribution in [1.29, 1.82) is 0 Å². The fraction of sp³-hybridized carbons (Fsp3) is 0.261. The zero-order chi connectivity index (χ0) is 21.1. The van der Waals surface area contributed by atoms with Crippen molar-refractivity contribution in [1.82, 2.24) is 4.90 Å². The van der Waals surface area contributed by atoms with Crippen molar-refractivity contribution in [2.75, 3.05) is 19.4 Å². The van der Waals surface area contributed by atoms with Crippen molar-refractivity contribution in [3.63, 3.8) is 0 Å². The first-order valence-corrected chi connectivity index (χ1v) is 10.7. The summed E-state index contributed by atoms with van der Waals surface area (Å²) in [5.74, 6) is 0.0198. The molecule has 0 saturated carbocycles. The number of ether oxygens (including phenoxy) is 1. The molecule has 0 aromatic heterocycles. The van der Waals surface area contributed by atoms with Crippen LogP contribution in [0.4, 0.5) is 0 Å². The lowest BCUT2D eigenvalue weighted by atomic mass is 9.93. The maximum atomic E-state index is 13.3. The molecule has 1 amide bonds. The average molecular weight is 423 g/mol. The van der Waals surface area contributed by atoms with Gasteiger partial charge in [0.05, 0.1) is 19.2 Å². The Hall–Kier alpha value is -3.06. The van der Waals surface area contributed by atoms with E-state index >= 15 is 0 Å². The van der Waals surface area contributed by atoms with Gasteiger partial charge in [0.15, 0.2) is 0 Å². The van der Waals surface area contributed by atoms with Gasteiger partial charge in [-0.15, -0.1) is 11.8 Å². The van der Waals surface area contributed by atoms with E-state index in [2.05, 4.69) is 12.1 Å². The van der Waals surface area contributed by atoms with Crippen LogP contribution in [0.15, 0.2) is 76.3 Å². The number of fused-ring (bicyclic) bond motifs is 1. The van der Waals surface area contributed by atoms with E-state index in [4.69, 9.17) is 9.57 Å². The van der Waals surface area contributed by atoms with Gasteiger partial charge in [-0.1, -0.05) is 60.6 Å². The number of methoxy groups -OCH3 is 1. The Kier molecular flexibility index (Phi) is 5.63. The van der Waals surface area contributed by atoms with Crippen LogP contribution < -0.4 is 0 Å². The molecule has 2 heterocycles. The smallest absolute Gasteiger partial charge is 0.360 e. The zero-order valence-electron chi connectivity index (χ0n) is 16.8. The van der Waals surface area contributed by atoms with Gasteiger partial charge in [-0.2, -0.15) is 0 Å². The number of allylic oxidation sites excluding steroid dienone is 1. The molecule has 2 aromatic carbocycles. The molecule has 30 heavy (non-hydrogen) atoms. The first-order valence-electron chi connectivity index (χ1n) is 9.71. The highest BCUT2D eigenvalue weighted by Gasteiger charge is 2.59. The lowest BCUT2D eigenvalue weighted by Crippen LogP contribution is -2.46. The number of esters is 1. The number of hydrogen-bond acceptors (Lipinski definition) is 6. The minimum atomic E-state index is -1.54. The fourth-order valence-electron chi connectivity index (χ4n) is 3.71. The Labute approximate surface area is 179 Å². The van der Waals surface area contributed by atoms with Crippen LogP contribution in [-0.2, 0) is 25.7 Å². The van der Waals surface area contributed by atoms with E-state index in [1.54, 1.807) is 22.7 Å². The first-order chi connectivity index (χ1) is 14.6. The van der Waals surface area contributed by atoms with Gasteiger partial charge in [-0.25, -0.2) is 4.79 Å². The predicted octanol–water partition coefficient (Wildman–Crippen LogP) is 3.41. The second kappa shape index (κ2) is 8.36. The summed E-state index contributed by atoms with van der Waals surface area (Å²) >= 11 is 1.68. The van der Waals surface area contributed by atoms with E-state index in [9.17, 15) is 9.59 Å². The lowest BCUT2D eigenvalue weighted by Gasteiger charge is -2.27. The molecule has 7 heteroatoms. The summed E-state index contributed by atoms with van der Waals surface area (Å²) in [6.07, 6.45) is 1.67. The number of carbonyl (C=O) groups is 2. The maximum Gasteiger partial charge on any atom is 0.360 e. The highest BCUT2D eigenvalue weighted by atomic mass is 32.2. The molecule has 1 atom stereocenters. The number of nitrogens with zero attached hydrogens (tertiary/aromatic N) is 2. The summed E-state index contributed by atoms with van der Waals surface area (Å²) in [6, 6.07) is 17.4. The topological polar surface area (TPSA) is 68.2 Å². The van der Waals surface area contributed by atoms with E-state index < -0.39 is 11.6 Å². The van der Waals surface area contributed by atoms with Gasteiger partial charge in [-0.3, -0.25) is 4.79 Å². The van der Waals surface area contributed by atoms with Gasteiger partial charge < -0.3 is 14.5 Å². The SMILES string of the molecule is CCSc1ccccc1C1=NOC2(C(=O)OC)CN(Cc3ccccc3)C(=O)C2=C1. The second-order valence-corrected chi connectivity index (χ2v) is 8.33. The molecule has 2 aliphatic heterocycles. The van der Waals surface area contributed by atoms with Crippen LogP contribution in [0.2, 0.25) is 0 Å². The highest BCUT2D eigenvalue weighted by Crippen LogP contribution is 2.38. The summed E-state index contributed by atoms with van der Waals surface area (Å²) in [5, 5.41) is 4.25. The standard InChI is InChI=1S/C23H22N2O4S/c1-3-30-20-12-8-7-11-17(20)19-13-18-21(26)25(14-16-9-5-4-6-10-16)15-23(18,29-24-19)22(27)28-2/h4-13H,3,14-15H2,1-2H3. The minimum absolute atomic E-state index is 0.0569. The number of rotatable bonds is 6. The Morgan fingerprint density at radius 3 is 2.67 bits per heavy atom. The van der Waals surface area contributed by atoms with E-state index in [-0.39, 0.29) is 18.0 Å². The number of thioether (sulfide) groups is 1. The number of hydrogen-bond donors (Lipinski definition) is 0. The minimum Gasteiger partial charge on any atom is -0.466 e. The van der Waals surface area contributed by atoms with Crippen LogP contribution in [0.1, 0.15) is 18.1 Å². The number of benzene rings is 2. The Bertz CT molecular complexity index is 1030. The molecule has 1 saturated heterocycles. The Balaban J connectivity index is 1.71. The number of carbonyl (C=O) groups excluding carboxylic acids is 2. The van der Waals surface area contributed by atoms with Gasteiger partial charge in [0.1, 0.15) is 5.71 Å². The predicted molar refractivity (Wildman–Crippen MR) is 115 cm³/mol. The summed E-state index contributed by atoms with van der Waals surface area (Å²) < 4.78 is 4.99. The van der Waals surface area contributed by atoms with Crippen LogP contribution >= 0.6 is 11.8 Å². The number of oxime groups is 1. The first kappa shape index (κ1) is 20.2. The fourth-order valence-corrected chi connectivity index (χ4v) is 4.52. The van der Waals surface area contributed by atoms with Gasteiger partial charge in [-0.05, 0) is 23.5 Å². The van der Waals surface area contributed by atoms with E-state index in [0.717, 1.165) is 21.8 Å². The average Bonchev–Trinajstić information content (AvgIpc) is 3.06. The molecular formula is C23H22N2O4S. The van der Waals surface area contributed by atoms with Crippen molar-refractivity contribution >= 4 is 29.4 Å². The molecule has 0 spiro atoms. The van der Waals surface area contributed by atoms with Gasteiger partial charge in [0, 0.05) is 17.0 Å². The Morgan fingerprint density at radius 1 is 1.20 bits per heavy atom. The highest BCUT2D eigenvalue weighted by molar-refractivity contribution is 7.99. The lowest BCUT2D eigenvalue weighted by molar-refractivity contribution is -0.164. The van der Waals surface area contributed by atoms with Crippen molar-refractivity contribution in [3.8, 4) is 0 Å². The molecule has 2 aliphatic rings. The molecule has 2 aromatic rings. The summed E-state index contributed by atoms with van der Waals surface area (Å²) in [5.41, 5.74) is 1.07. The number of likely N-dealkylation sites (tertiary alicyclic amines) is 1. The molecule has 1 fully saturated rings. The third-order valence-corrected chi connectivity index (χ3v) is 6.10. The van der Waals surface area contributed by atoms with Gasteiger partial charge >= 0.3 is 5.97 Å². The van der Waals surface area contributed by atoms with E-state index in [1.165, 1.54) is 7.11 Å². The summed E-state index contributed by atoms with van der Waals surface area (Å²) in [6.45, 7) is 2.50. The van der Waals surface area contributed by atoms with Crippen molar-refractivity contribution < 1.29 is 19.2 Å². The van der Waals surface area contributed by atoms with Gasteiger partial charge in [0.25, 0.3) is 11.5 Å². The van der Waals surface area contributed by atoms with Crippen LogP contribution in [0, 0.1) is 0 Å². The van der Waals surface area contributed by atoms with Crippen LogP contribution in [0.3, 0.4) is 0 Å². The maximum absolute atomic E-state index is 13.3. The van der Waals surface area contributed by atoms with Crippen LogP contribution in [-0.4, -0.2) is 47.5 Å². The van der Waals surface area contributed by atoms with Crippen molar-refractivity contribution in [2.45, 2.75) is 24.0 Å². The molecule has 0 aliphatic carbocycles. The third kappa shape index (κ3) is 3.50. The molecule has 1 unspecified atom stereocenters. The summed E-state index contributed by atoms with van der Waals surface area (Å²) in [7, 11) is 1.29. The van der Waals surface area contributed by atoms with E-state index in [1.807, 2.05) is 54.6 Å². The molecule has 154 valence electrons. The quantitative estimate of drug-likeness (QED) is 0.527. The molecule has 0 N–H and O–H groups in total. The van der Waals surface area contributed by atoms with Crippen molar-refractivity contribution in [2.24, 2.45) is 5.16 Å². The second-order valence-electron chi connectivity index (χ2n) is 7.02. The molecule has 0 bridgehead atoms.